The van der Waals surface area contributed by atoms with E-state index < -0.39 is 23.5 Å². The number of aromatic nitrogens is 1. The van der Waals surface area contributed by atoms with Gasteiger partial charge in [-0.05, 0) is 227 Å². The zero-order valence-corrected chi connectivity index (χ0v) is 39.6. The number of hydrogen-bond donors (Lipinski definition) is 0. The monoisotopic (exact) mass is 923 g/mol. The van der Waals surface area contributed by atoms with E-state index in [4.69, 9.17) is 4.98 Å². The molecule has 68 heavy (non-hydrogen) atoms. The van der Waals surface area contributed by atoms with Crippen LogP contribution >= 0.6 is 0 Å². The first-order valence-corrected chi connectivity index (χ1v) is 24.7. The van der Waals surface area contributed by atoms with E-state index in [9.17, 15) is 26.3 Å². The van der Waals surface area contributed by atoms with Gasteiger partial charge >= 0.3 is 12.4 Å². The second-order valence-corrected chi connectivity index (χ2v) is 22.2. The number of anilines is 2. The highest BCUT2D eigenvalue weighted by molar-refractivity contribution is 5.97. The number of nitrogens with zero attached hydrogens (tertiary/aromatic N) is 3. The average molecular weight is 924 g/mol. The molecule has 11 rings (SSSR count). The van der Waals surface area contributed by atoms with Gasteiger partial charge in [0, 0.05) is 42.9 Å². The Morgan fingerprint density at radius 2 is 0.971 bits per heavy atom. The van der Waals surface area contributed by atoms with Gasteiger partial charge in [0.25, 0.3) is 0 Å². The Kier molecular flexibility index (Phi) is 10.9. The number of aryl methyl sites for hydroxylation is 4. The summed E-state index contributed by atoms with van der Waals surface area (Å²) in [5.41, 5.74) is 14.8. The molecule has 0 spiro atoms. The van der Waals surface area contributed by atoms with Gasteiger partial charge < -0.3 is 9.80 Å². The fraction of sp³-hybridized carbons (Fsp3) is 0.407. The molecule has 1 aromatic heterocycles. The van der Waals surface area contributed by atoms with Crippen LogP contribution in [0.4, 0.5) is 37.7 Å². The SMILES string of the molecule is CC1(C)CC(=Cc2ccc3nc(C=C4C=C(c5cc6c7c(c5)CCCN7CCC6)CC(C)(C)C4)cc(-c4cc(C(F)(F)F)cc(C(F)(F)F)c4)c3c2)C=C(c2cc3c4c(c2)CCCN4CCC3)C1. The van der Waals surface area contributed by atoms with Gasteiger partial charge in [0.1, 0.15) is 0 Å². The molecule has 3 nitrogen and oxygen atoms in total. The van der Waals surface area contributed by atoms with Gasteiger partial charge in [0.05, 0.1) is 22.3 Å². The number of pyridine rings is 1. The molecule has 5 heterocycles. The smallest absolute Gasteiger partial charge is 0.371 e. The first-order chi connectivity index (χ1) is 32.3. The lowest BCUT2D eigenvalue weighted by Gasteiger charge is -2.38. The van der Waals surface area contributed by atoms with Gasteiger partial charge in [-0.25, -0.2) is 4.98 Å². The zero-order chi connectivity index (χ0) is 47.3. The molecule has 4 aliphatic heterocycles. The molecular weight excluding hydrogens is 865 g/mol. The van der Waals surface area contributed by atoms with Crippen molar-refractivity contribution in [1.82, 2.24) is 4.98 Å². The van der Waals surface area contributed by atoms with Crippen molar-refractivity contribution in [3.8, 4) is 11.1 Å². The molecule has 0 saturated heterocycles. The average Bonchev–Trinajstić information content (AvgIpc) is 3.27. The summed E-state index contributed by atoms with van der Waals surface area (Å²) in [5, 5.41) is 0.490. The minimum absolute atomic E-state index is 0.0351. The molecule has 0 radical (unpaired) electrons. The fourth-order valence-electron chi connectivity index (χ4n) is 12.6. The predicted octanol–water partition coefficient (Wildman–Crippen LogP) is 15.9. The van der Waals surface area contributed by atoms with Crippen molar-refractivity contribution in [2.45, 2.75) is 117 Å². The highest BCUT2D eigenvalue weighted by Crippen LogP contribution is 2.48. The third-order valence-electron chi connectivity index (χ3n) is 15.3. The molecule has 0 unspecified atom stereocenters. The zero-order valence-electron chi connectivity index (χ0n) is 39.6. The second kappa shape index (κ2) is 16.5. The van der Waals surface area contributed by atoms with E-state index in [1.54, 1.807) is 6.07 Å². The van der Waals surface area contributed by atoms with Crippen molar-refractivity contribution >= 4 is 45.6 Å². The minimum Gasteiger partial charge on any atom is -0.371 e. The molecular formula is C59H59F6N3. The highest BCUT2D eigenvalue weighted by Gasteiger charge is 2.38. The molecule has 0 saturated carbocycles. The van der Waals surface area contributed by atoms with E-state index in [2.05, 4.69) is 80.0 Å². The Morgan fingerprint density at radius 3 is 1.43 bits per heavy atom. The Hall–Kier alpha value is -5.57. The lowest BCUT2D eigenvalue weighted by atomic mass is 9.72. The van der Waals surface area contributed by atoms with E-state index in [-0.39, 0.29) is 28.0 Å². The van der Waals surface area contributed by atoms with Crippen LogP contribution in [0.15, 0.2) is 90.0 Å². The number of fused-ring (bicyclic) bond motifs is 1. The topological polar surface area (TPSA) is 19.4 Å². The van der Waals surface area contributed by atoms with Crippen molar-refractivity contribution in [3.63, 3.8) is 0 Å². The van der Waals surface area contributed by atoms with Crippen LogP contribution in [0.25, 0.3) is 45.3 Å². The molecule has 5 aromatic rings. The largest absolute Gasteiger partial charge is 0.416 e. The summed E-state index contributed by atoms with van der Waals surface area (Å²) in [6, 6.07) is 18.8. The van der Waals surface area contributed by atoms with Crippen molar-refractivity contribution in [3.05, 3.63) is 146 Å². The third-order valence-corrected chi connectivity index (χ3v) is 15.3. The van der Waals surface area contributed by atoms with Crippen LogP contribution < -0.4 is 9.80 Å². The summed E-state index contributed by atoms with van der Waals surface area (Å²) >= 11 is 0. The van der Waals surface area contributed by atoms with Crippen LogP contribution in [0.5, 0.6) is 0 Å². The Balaban J connectivity index is 1.03. The Labute approximate surface area is 396 Å². The molecule has 9 heteroatoms. The summed E-state index contributed by atoms with van der Waals surface area (Å²) in [4.78, 5) is 10.2. The second-order valence-electron chi connectivity index (χ2n) is 22.2. The highest BCUT2D eigenvalue weighted by atomic mass is 19.4. The van der Waals surface area contributed by atoms with Crippen LogP contribution in [0, 0.1) is 10.8 Å². The van der Waals surface area contributed by atoms with Gasteiger partial charge in [-0.15, -0.1) is 0 Å². The number of rotatable bonds is 5. The molecule has 0 bridgehead atoms. The van der Waals surface area contributed by atoms with E-state index in [1.807, 2.05) is 24.3 Å². The number of benzene rings is 4. The Bertz CT molecular complexity index is 2920. The molecule has 6 aliphatic rings. The van der Waals surface area contributed by atoms with Crippen molar-refractivity contribution < 1.29 is 26.3 Å². The molecule has 4 aromatic carbocycles. The number of alkyl halides is 6. The van der Waals surface area contributed by atoms with Gasteiger partial charge in [0.15, 0.2) is 0 Å². The molecule has 352 valence electrons. The van der Waals surface area contributed by atoms with Gasteiger partial charge in [-0.2, -0.15) is 26.3 Å². The quantitative estimate of drug-likeness (QED) is 0.164. The summed E-state index contributed by atoms with van der Waals surface area (Å²) in [5.74, 6) is 0. The fourth-order valence-corrected chi connectivity index (χ4v) is 12.6. The molecule has 0 N–H and O–H groups in total. The van der Waals surface area contributed by atoms with E-state index in [1.165, 1.54) is 55.9 Å². The van der Waals surface area contributed by atoms with E-state index in [0.717, 1.165) is 132 Å². The van der Waals surface area contributed by atoms with Gasteiger partial charge in [-0.3, -0.25) is 0 Å². The predicted molar refractivity (Wildman–Crippen MR) is 266 cm³/mol. The van der Waals surface area contributed by atoms with Crippen LogP contribution in [0.3, 0.4) is 0 Å². The molecule has 0 atom stereocenters. The first-order valence-electron chi connectivity index (χ1n) is 24.7. The maximum atomic E-state index is 14.4. The lowest BCUT2D eigenvalue weighted by Crippen LogP contribution is -2.34. The summed E-state index contributed by atoms with van der Waals surface area (Å²) in [6.45, 7) is 13.5. The Morgan fingerprint density at radius 1 is 0.515 bits per heavy atom. The standard InChI is InChI=1S/C59H59F6N3/c1-56(2)32-37(20-46(34-56)43-24-39-9-5-15-67-16-6-10-40(25-43)54(39)67)19-36-13-14-53-52(23-36)51(45-28-48(58(60,61)62)30-49(29-45)59(63,64)65)31-50(66-53)22-38-21-47(35-57(3,4)33-38)44-26-41-11-7-17-68-18-8-12-42(27-44)55(41)68/h13-14,19-31H,5-12,15-18,32-35H2,1-4H3. The molecule has 0 amide bonds. The normalized spacial score (nSPS) is 21.1. The van der Waals surface area contributed by atoms with Crippen molar-refractivity contribution in [2.24, 2.45) is 10.8 Å². The van der Waals surface area contributed by atoms with E-state index >= 15 is 0 Å². The summed E-state index contributed by atoms with van der Waals surface area (Å²) in [7, 11) is 0. The first kappa shape index (κ1) is 44.9. The number of allylic oxidation sites excluding steroid dienone is 6. The van der Waals surface area contributed by atoms with Gasteiger partial charge in [-0.1, -0.05) is 52.0 Å². The van der Waals surface area contributed by atoms with Crippen LogP contribution in [-0.4, -0.2) is 31.2 Å². The van der Waals surface area contributed by atoms with Crippen molar-refractivity contribution in [2.75, 3.05) is 36.0 Å². The van der Waals surface area contributed by atoms with E-state index in [0.29, 0.717) is 16.6 Å². The van der Waals surface area contributed by atoms with Crippen LogP contribution in [-0.2, 0) is 38.0 Å². The molecule has 2 aliphatic carbocycles. The summed E-state index contributed by atoms with van der Waals surface area (Å²) < 4.78 is 86.6. The summed E-state index contributed by atoms with van der Waals surface area (Å²) in [6.07, 6.45) is 10.9. The maximum Gasteiger partial charge on any atom is 0.416 e. The van der Waals surface area contributed by atoms with Crippen LogP contribution in [0.2, 0.25) is 0 Å². The van der Waals surface area contributed by atoms with Crippen LogP contribution in [0.1, 0.15) is 135 Å². The lowest BCUT2D eigenvalue weighted by molar-refractivity contribution is -0.143. The minimum atomic E-state index is -4.99. The molecule has 0 fully saturated rings. The third kappa shape index (κ3) is 8.83. The van der Waals surface area contributed by atoms with Crippen molar-refractivity contribution in [1.29, 1.82) is 0 Å². The number of hydrogen-bond acceptors (Lipinski definition) is 3. The van der Waals surface area contributed by atoms with Gasteiger partial charge in [0.2, 0.25) is 0 Å². The number of halogens is 6. The maximum absolute atomic E-state index is 14.4.